The lowest BCUT2D eigenvalue weighted by Gasteiger charge is -2.11. The Morgan fingerprint density at radius 2 is 1.90 bits per heavy atom. The van der Waals surface area contributed by atoms with Gasteiger partial charge in [-0.15, -0.1) is 24.0 Å². The van der Waals surface area contributed by atoms with Crippen LogP contribution in [0.5, 0.6) is 0 Å². The molecule has 0 radical (unpaired) electrons. The molecule has 2 rings (SSSR count). The number of guanidine groups is 1. The number of halogens is 1. The van der Waals surface area contributed by atoms with Crippen LogP contribution >= 0.6 is 24.0 Å². The fraction of sp³-hybridized carbons (Fsp3) is 0.476. The van der Waals surface area contributed by atoms with Crippen molar-refractivity contribution in [2.75, 3.05) is 19.6 Å². The minimum atomic E-state index is 0. The largest absolute Gasteiger partial charge is 0.357 e. The van der Waals surface area contributed by atoms with Crippen molar-refractivity contribution in [3.63, 3.8) is 0 Å². The fourth-order valence-corrected chi connectivity index (χ4v) is 2.83. The van der Waals surface area contributed by atoms with Crippen LogP contribution in [0.25, 0.3) is 0 Å². The number of aryl methyl sites for hydroxylation is 3. The molecule has 0 aliphatic heterocycles. The molecular formula is C21H33IN6O. The van der Waals surface area contributed by atoms with Crippen molar-refractivity contribution in [3.8, 4) is 0 Å². The molecule has 0 aliphatic carbocycles. The first-order valence-corrected chi connectivity index (χ1v) is 9.92. The topological polar surface area (TPSA) is 83.3 Å². The summed E-state index contributed by atoms with van der Waals surface area (Å²) in [6, 6.07) is 12.0. The molecular weight excluding hydrogens is 479 g/mol. The standard InChI is InChI=1S/C21H32N6O.HI/c1-4-22-21(23-12-8-14-27-18(3)15-17(2)26-27)24-13-11-20(28)25-16-19-9-6-5-7-10-19;/h5-7,9-10,15H,4,8,11-14,16H2,1-3H3,(H,25,28)(H2,22,23,24);1H. The summed E-state index contributed by atoms with van der Waals surface area (Å²) in [6.45, 7) is 9.54. The zero-order valence-corrected chi connectivity index (χ0v) is 19.9. The first-order valence-electron chi connectivity index (χ1n) is 9.92. The number of hydrogen-bond acceptors (Lipinski definition) is 3. The van der Waals surface area contributed by atoms with Gasteiger partial charge in [-0.05, 0) is 38.8 Å². The van der Waals surface area contributed by atoms with Gasteiger partial charge in [-0.2, -0.15) is 5.10 Å². The molecule has 1 aromatic heterocycles. The van der Waals surface area contributed by atoms with Gasteiger partial charge in [-0.25, -0.2) is 0 Å². The first-order chi connectivity index (χ1) is 13.6. The third-order valence-corrected chi connectivity index (χ3v) is 4.22. The van der Waals surface area contributed by atoms with E-state index in [0.29, 0.717) is 26.1 Å². The summed E-state index contributed by atoms with van der Waals surface area (Å²) in [6.07, 6.45) is 1.32. The Bertz CT molecular complexity index is 760. The fourth-order valence-electron chi connectivity index (χ4n) is 2.83. The second kappa shape index (κ2) is 14.0. The monoisotopic (exact) mass is 512 g/mol. The zero-order valence-electron chi connectivity index (χ0n) is 17.6. The van der Waals surface area contributed by atoms with Crippen molar-refractivity contribution in [1.82, 2.24) is 25.7 Å². The van der Waals surface area contributed by atoms with Crippen LogP contribution in [0.1, 0.15) is 36.7 Å². The van der Waals surface area contributed by atoms with Gasteiger partial charge in [0.25, 0.3) is 0 Å². The van der Waals surface area contributed by atoms with Gasteiger partial charge in [0.1, 0.15) is 0 Å². The van der Waals surface area contributed by atoms with Crippen molar-refractivity contribution in [1.29, 1.82) is 0 Å². The average molecular weight is 512 g/mol. The molecule has 3 N–H and O–H groups in total. The number of benzene rings is 1. The van der Waals surface area contributed by atoms with E-state index in [-0.39, 0.29) is 29.9 Å². The van der Waals surface area contributed by atoms with E-state index in [0.717, 1.165) is 36.7 Å². The van der Waals surface area contributed by atoms with E-state index in [2.05, 4.69) is 39.0 Å². The predicted octanol–water partition coefficient (Wildman–Crippen LogP) is 2.77. The highest BCUT2D eigenvalue weighted by Crippen LogP contribution is 2.02. The number of nitrogens with one attached hydrogen (secondary N) is 3. The van der Waals surface area contributed by atoms with Crippen LogP contribution in [0.15, 0.2) is 41.4 Å². The molecule has 0 fully saturated rings. The summed E-state index contributed by atoms with van der Waals surface area (Å²) < 4.78 is 2.02. The van der Waals surface area contributed by atoms with Crippen LogP contribution in [-0.2, 0) is 17.9 Å². The quantitative estimate of drug-likeness (QED) is 0.198. The maximum atomic E-state index is 12.0. The summed E-state index contributed by atoms with van der Waals surface area (Å²) in [5, 5.41) is 13.8. The number of aromatic nitrogens is 2. The number of amides is 1. The third-order valence-electron chi connectivity index (χ3n) is 4.22. The molecule has 0 spiro atoms. The third kappa shape index (κ3) is 9.78. The van der Waals surface area contributed by atoms with E-state index in [1.54, 1.807) is 0 Å². The smallest absolute Gasteiger partial charge is 0.222 e. The van der Waals surface area contributed by atoms with Crippen molar-refractivity contribution in [2.24, 2.45) is 4.99 Å². The number of carbonyl (C=O) groups is 1. The summed E-state index contributed by atoms with van der Waals surface area (Å²) in [5.74, 6) is 0.767. The van der Waals surface area contributed by atoms with E-state index in [4.69, 9.17) is 0 Å². The lowest BCUT2D eigenvalue weighted by Crippen LogP contribution is -2.39. The van der Waals surface area contributed by atoms with E-state index < -0.39 is 0 Å². The molecule has 1 aromatic carbocycles. The second-order valence-corrected chi connectivity index (χ2v) is 6.70. The highest BCUT2D eigenvalue weighted by Gasteiger charge is 2.03. The lowest BCUT2D eigenvalue weighted by atomic mass is 10.2. The minimum absolute atomic E-state index is 0. The van der Waals surface area contributed by atoms with Crippen molar-refractivity contribution < 1.29 is 4.79 Å². The molecule has 0 atom stereocenters. The van der Waals surface area contributed by atoms with Gasteiger partial charge in [0, 0.05) is 44.8 Å². The molecule has 7 nitrogen and oxygen atoms in total. The van der Waals surface area contributed by atoms with E-state index in [9.17, 15) is 4.79 Å². The minimum Gasteiger partial charge on any atom is -0.357 e. The first kappa shape index (κ1) is 24.9. The van der Waals surface area contributed by atoms with Gasteiger partial charge in [0.15, 0.2) is 5.96 Å². The molecule has 0 aliphatic rings. The maximum Gasteiger partial charge on any atom is 0.222 e. The highest BCUT2D eigenvalue weighted by atomic mass is 127. The van der Waals surface area contributed by atoms with Crippen molar-refractivity contribution in [2.45, 2.75) is 46.7 Å². The molecule has 0 unspecified atom stereocenters. The van der Waals surface area contributed by atoms with Crippen molar-refractivity contribution >= 4 is 35.8 Å². The van der Waals surface area contributed by atoms with Crippen molar-refractivity contribution in [3.05, 3.63) is 53.3 Å². The van der Waals surface area contributed by atoms with Gasteiger partial charge in [0.05, 0.1) is 5.69 Å². The molecule has 2 aromatic rings. The Morgan fingerprint density at radius 3 is 2.55 bits per heavy atom. The predicted molar refractivity (Wildman–Crippen MR) is 129 cm³/mol. The summed E-state index contributed by atoms with van der Waals surface area (Å²) in [7, 11) is 0. The number of nitrogens with zero attached hydrogens (tertiary/aromatic N) is 3. The van der Waals surface area contributed by atoms with Gasteiger partial charge in [-0.3, -0.25) is 14.5 Å². The zero-order chi connectivity index (χ0) is 20.2. The van der Waals surface area contributed by atoms with Gasteiger partial charge in [-0.1, -0.05) is 30.3 Å². The molecule has 1 amide bonds. The van der Waals surface area contributed by atoms with Crippen LogP contribution < -0.4 is 16.0 Å². The van der Waals surface area contributed by atoms with Gasteiger partial charge >= 0.3 is 0 Å². The van der Waals surface area contributed by atoms with Gasteiger partial charge in [0.2, 0.25) is 5.91 Å². The summed E-state index contributed by atoms with van der Waals surface area (Å²) >= 11 is 0. The lowest BCUT2D eigenvalue weighted by molar-refractivity contribution is -0.121. The number of rotatable bonds is 10. The van der Waals surface area contributed by atoms with Crippen LogP contribution in [-0.4, -0.2) is 41.3 Å². The SMILES string of the molecule is CCNC(=NCCCn1nc(C)cc1C)NCCC(=O)NCc1ccccc1.I. The van der Waals surface area contributed by atoms with E-state index in [1.807, 2.05) is 48.9 Å². The molecule has 0 saturated heterocycles. The summed E-state index contributed by atoms with van der Waals surface area (Å²) in [4.78, 5) is 16.6. The van der Waals surface area contributed by atoms with E-state index in [1.165, 1.54) is 5.69 Å². The number of hydrogen-bond donors (Lipinski definition) is 3. The Kier molecular flexibility index (Phi) is 12.0. The molecule has 0 bridgehead atoms. The Hall–Kier alpha value is -2.10. The highest BCUT2D eigenvalue weighted by molar-refractivity contribution is 14.0. The van der Waals surface area contributed by atoms with E-state index >= 15 is 0 Å². The average Bonchev–Trinajstić information content (AvgIpc) is 3.01. The maximum absolute atomic E-state index is 12.0. The Labute approximate surface area is 190 Å². The number of carbonyl (C=O) groups excluding carboxylic acids is 1. The summed E-state index contributed by atoms with van der Waals surface area (Å²) in [5.41, 5.74) is 3.32. The molecule has 29 heavy (non-hydrogen) atoms. The molecule has 160 valence electrons. The van der Waals surface area contributed by atoms with Gasteiger partial charge < -0.3 is 16.0 Å². The second-order valence-electron chi connectivity index (χ2n) is 6.70. The van der Waals surface area contributed by atoms with Crippen LogP contribution in [0, 0.1) is 13.8 Å². The van der Waals surface area contributed by atoms with Crippen LogP contribution in [0.3, 0.4) is 0 Å². The van der Waals surface area contributed by atoms with Crippen LogP contribution in [0.2, 0.25) is 0 Å². The molecule has 8 heteroatoms. The Morgan fingerprint density at radius 1 is 1.14 bits per heavy atom. The number of aliphatic imine (C=N–C) groups is 1. The Balaban J connectivity index is 0.00000420. The molecule has 1 heterocycles. The van der Waals surface area contributed by atoms with Crippen LogP contribution in [0.4, 0.5) is 0 Å². The molecule has 0 saturated carbocycles. The normalized spacial score (nSPS) is 10.9.